The molecule has 0 radical (unpaired) electrons. The van der Waals surface area contributed by atoms with Crippen molar-refractivity contribution >= 4 is 22.4 Å². The van der Waals surface area contributed by atoms with Crippen molar-refractivity contribution in [1.82, 2.24) is 4.57 Å². The number of fused-ring (bicyclic) bond motifs is 1. The van der Waals surface area contributed by atoms with Crippen LogP contribution in [-0.4, -0.2) is 4.57 Å². The highest BCUT2D eigenvalue weighted by Crippen LogP contribution is 2.28. The Kier molecular flexibility index (Phi) is 4.82. The molecule has 0 aliphatic rings. The Labute approximate surface area is 170 Å². The minimum absolute atomic E-state index is 0.0171. The third-order valence-corrected chi connectivity index (χ3v) is 5.57. The molecule has 4 aromatic rings. The summed E-state index contributed by atoms with van der Waals surface area (Å²) in [6.07, 6.45) is 0. The second-order valence-electron chi connectivity index (χ2n) is 7.42. The zero-order valence-corrected chi connectivity index (χ0v) is 17.0. The fourth-order valence-corrected chi connectivity index (χ4v) is 3.96. The van der Waals surface area contributed by atoms with Crippen LogP contribution in [0.15, 0.2) is 71.5 Å². The van der Waals surface area contributed by atoms with Crippen molar-refractivity contribution in [2.24, 2.45) is 0 Å². The van der Waals surface area contributed by atoms with Crippen molar-refractivity contribution in [2.45, 2.75) is 27.3 Å². The summed E-state index contributed by atoms with van der Waals surface area (Å²) in [5, 5.41) is 2.04. The van der Waals surface area contributed by atoms with Gasteiger partial charge in [0, 0.05) is 15.8 Å². The molecule has 3 heteroatoms. The molecule has 3 aromatic carbocycles. The average molecular weight is 388 g/mol. The normalized spacial score (nSPS) is 11.1. The summed E-state index contributed by atoms with van der Waals surface area (Å²) in [4.78, 5) is 13.4. The molecule has 140 valence electrons. The fraction of sp³-hybridized carbons (Fsp3) is 0.160. The Morgan fingerprint density at radius 1 is 0.821 bits per heavy atom. The molecule has 1 aromatic heterocycles. The van der Waals surface area contributed by atoms with Crippen molar-refractivity contribution in [3.63, 3.8) is 0 Å². The molecule has 0 spiro atoms. The Hall–Kier alpha value is -2.84. The summed E-state index contributed by atoms with van der Waals surface area (Å²) < 4.78 is 1.87. The summed E-state index contributed by atoms with van der Waals surface area (Å²) in [6.45, 7) is 6.76. The summed E-state index contributed by atoms with van der Waals surface area (Å²) >= 11 is 6.43. The summed E-state index contributed by atoms with van der Waals surface area (Å²) in [5.74, 6) is 0. The number of aryl methyl sites for hydroxylation is 3. The first-order valence-corrected chi connectivity index (χ1v) is 9.77. The molecule has 1 heterocycles. The zero-order valence-electron chi connectivity index (χ0n) is 16.3. The minimum Gasteiger partial charge on any atom is -0.303 e. The van der Waals surface area contributed by atoms with Gasteiger partial charge in [-0.25, -0.2) is 0 Å². The molecular weight excluding hydrogens is 366 g/mol. The number of pyridine rings is 1. The monoisotopic (exact) mass is 387 g/mol. The van der Waals surface area contributed by atoms with Gasteiger partial charge in [0.15, 0.2) is 0 Å². The lowest BCUT2D eigenvalue weighted by atomic mass is 10.0. The highest BCUT2D eigenvalue weighted by Gasteiger charge is 2.14. The lowest BCUT2D eigenvalue weighted by molar-refractivity contribution is 0.772. The Morgan fingerprint density at radius 3 is 2.32 bits per heavy atom. The Morgan fingerprint density at radius 2 is 1.57 bits per heavy atom. The van der Waals surface area contributed by atoms with Crippen molar-refractivity contribution in [3.05, 3.63) is 104 Å². The number of hydrogen-bond donors (Lipinski definition) is 0. The molecule has 2 nitrogen and oxygen atoms in total. The van der Waals surface area contributed by atoms with E-state index in [0.29, 0.717) is 17.0 Å². The molecule has 0 saturated carbocycles. The molecule has 0 atom stereocenters. The molecule has 0 unspecified atom stereocenters. The van der Waals surface area contributed by atoms with Crippen LogP contribution in [0.1, 0.15) is 22.3 Å². The molecule has 28 heavy (non-hydrogen) atoms. The van der Waals surface area contributed by atoms with Crippen LogP contribution in [0.4, 0.5) is 0 Å². The number of benzene rings is 3. The highest BCUT2D eigenvalue weighted by atomic mass is 35.5. The topological polar surface area (TPSA) is 22.0 Å². The maximum atomic E-state index is 13.4. The molecule has 0 bridgehead atoms. The van der Waals surface area contributed by atoms with E-state index < -0.39 is 0 Å². The van der Waals surface area contributed by atoms with Gasteiger partial charge in [-0.2, -0.15) is 0 Å². The second kappa shape index (κ2) is 7.29. The first-order valence-electron chi connectivity index (χ1n) is 9.39. The van der Waals surface area contributed by atoms with Crippen molar-refractivity contribution in [2.75, 3.05) is 0 Å². The maximum Gasteiger partial charge on any atom is 0.259 e. The molecule has 0 N–H and O–H groups in total. The lowest BCUT2D eigenvalue weighted by Gasteiger charge is -2.17. The minimum atomic E-state index is -0.0171. The number of hydrogen-bond acceptors (Lipinski definition) is 1. The van der Waals surface area contributed by atoms with Gasteiger partial charge in [-0.05, 0) is 61.7 Å². The van der Waals surface area contributed by atoms with E-state index in [1.54, 1.807) is 0 Å². The summed E-state index contributed by atoms with van der Waals surface area (Å²) in [7, 11) is 0. The van der Waals surface area contributed by atoms with Gasteiger partial charge in [-0.15, -0.1) is 0 Å². The van der Waals surface area contributed by atoms with Crippen LogP contribution in [-0.2, 0) is 6.54 Å². The molecule has 0 aliphatic carbocycles. The number of rotatable bonds is 3. The smallest absolute Gasteiger partial charge is 0.259 e. The van der Waals surface area contributed by atoms with Gasteiger partial charge in [0.2, 0.25) is 0 Å². The van der Waals surface area contributed by atoms with E-state index in [1.165, 1.54) is 11.1 Å². The largest absolute Gasteiger partial charge is 0.303 e. The van der Waals surface area contributed by atoms with Gasteiger partial charge in [-0.3, -0.25) is 4.79 Å². The van der Waals surface area contributed by atoms with Gasteiger partial charge in [0.05, 0.1) is 12.2 Å². The molecule has 0 aliphatic heterocycles. The van der Waals surface area contributed by atoms with Gasteiger partial charge in [0.25, 0.3) is 5.56 Å². The van der Waals surface area contributed by atoms with Gasteiger partial charge >= 0.3 is 0 Å². The number of halogens is 1. The number of aromatic nitrogens is 1. The van der Waals surface area contributed by atoms with Gasteiger partial charge < -0.3 is 4.57 Å². The molecular formula is C25H22ClNO. The van der Waals surface area contributed by atoms with Crippen LogP contribution in [0, 0.1) is 20.8 Å². The predicted octanol–water partition coefficient (Wildman–Crippen LogP) is 6.30. The molecule has 0 amide bonds. The third-order valence-electron chi connectivity index (χ3n) is 5.24. The van der Waals surface area contributed by atoms with Crippen molar-refractivity contribution < 1.29 is 0 Å². The van der Waals surface area contributed by atoms with E-state index in [1.807, 2.05) is 41.0 Å². The van der Waals surface area contributed by atoms with Crippen molar-refractivity contribution in [3.8, 4) is 11.3 Å². The van der Waals surface area contributed by atoms with Crippen LogP contribution in [0.2, 0.25) is 5.02 Å². The SMILES string of the molecule is Cc1cccc(-c2cc3c(Cl)cccc3c(=O)n2Cc2ccc(C)cc2C)c1. The maximum absolute atomic E-state index is 13.4. The second-order valence-corrected chi connectivity index (χ2v) is 7.83. The van der Waals surface area contributed by atoms with E-state index in [9.17, 15) is 4.79 Å². The Bertz CT molecular complexity index is 1250. The fourth-order valence-electron chi connectivity index (χ4n) is 3.73. The lowest BCUT2D eigenvalue weighted by Crippen LogP contribution is -2.23. The first kappa shape index (κ1) is 18.5. The summed E-state index contributed by atoms with van der Waals surface area (Å²) in [6, 6.07) is 22.1. The first-order chi connectivity index (χ1) is 13.4. The predicted molar refractivity (Wildman–Crippen MR) is 118 cm³/mol. The molecule has 4 rings (SSSR count). The Balaban J connectivity index is 2.01. The zero-order chi connectivity index (χ0) is 19.8. The van der Waals surface area contributed by atoms with E-state index in [0.717, 1.165) is 27.8 Å². The summed E-state index contributed by atoms with van der Waals surface area (Å²) in [5.41, 5.74) is 6.59. The van der Waals surface area contributed by atoms with Crippen LogP contribution in [0.3, 0.4) is 0 Å². The third kappa shape index (κ3) is 3.36. The van der Waals surface area contributed by atoms with Crippen molar-refractivity contribution in [1.29, 1.82) is 0 Å². The van der Waals surface area contributed by atoms with Crippen LogP contribution in [0.25, 0.3) is 22.0 Å². The molecule has 0 fully saturated rings. The van der Waals surface area contributed by atoms with Crippen LogP contribution >= 0.6 is 11.6 Å². The van der Waals surface area contributed by atoms with E-state index >= 15 is 0 Å². The van der Waals surface area contributed by atoms with Crippen LogP contribution < -0.4 is 5.56 Å². The van der Waals surface area contributed by atoms with E-state index in [-0.39, 0.29) is 5.56 Å². The van der Waals surface area contributed by atoms with Crippen LogP contribution in [0.5, 0.6) is 0 Å². The van der Waals surface area contributed by atoms with Gasteiger partial charge in [0.1, 0.15) is 0 Å². The van der Waals surface area contributed by atoms with E-state index in [2.05, 4.69) is 51.1 Å². The number of nitrogens with zero attached hydrogens (tertiary/aromatic N) is 1. The highest BCUT2D eigenvalue weighted by molar-refractivity contribution is 6.35. The average Bonchev–Trinajstić information content (AvgIpc) is 2.66. The van der Waals surface area contributed by atoms with E-state index in [4.69, 9.17) is 11.6 Å². The standard InChI is InChI=1S/C25H22ClNO/c1-16-6-4-7-19(13-16)24-14-22-21(8-5-9-23(22)26)25(28)27(24)15-20-11-10-17(2)12-18(20)3/h4-14H,15H2,1-3H3. The van der Waals surface area contributed by atoms with Gasteiger partial charge in [-0.1, -0.05) is 65.2 Å². The quantitative estimate of drug-likeness (QED) is 0.404. The molecule has 0 saturated heterocycles.